The first-order valence-corrected chi connectivity index (χ1v) is 12.7. The highest BCUT2D eigenvalue weighted by Gasteiger charge is 2.30. The van der Waals surface area contributed by atoms with Gasteiger partial charge in [-0.1, -0.05) is 24.3 Å². The van der Waals surface area contributed by atoms with Crippen LogP contribution in [0.5, 0.6) is 11.5 Å². The van der Waals surface area contributed by atoms with Crippen molar-refractivity contribution in [2.24, 2.45) is 0 Å². The lowest BCUT2D eigenvalue weighted by molar-refractivity contribution is -0.119. The smallest absolute Gasteiger partial charge is 0.268 e. The molecule has 0 aliphatic heterocycles. The number of nitrogens with one attached hydrogen (secondary N) is 1. The van der Waals surface area contributed by atoms with Crippen LogP contribution in [0.25, 0.3) is 0 Å². The Morgan fingerprint density at radius 3 is 2.23 bits per heavy atom. The van der Waals surface area contributed by atoms with Crippen LogP contribution < -0.4 is 19.1 Å². The number of methoxy groups -OCH3 is 2. The highest BCUT2D eigenvalue weighted by atomic mass is 32.2. The molecule has 8 heteroatoms. The third kappa shape index (κ3) is 6.33. The number of rotatable bonds is 10. The fraction of sp³-hybridized carbons (Fsp3) is 0.296. The number of carbonyl (C=O) groups excluding carboxylic acids is 1. The van der Waals surface area contributed by atoms with Gasteiger partial charge in [0.1, 0.15) is 22.9 Å². The number of hydrogen-bond acceptors (Lipinski definition) is 5. The van der Waals surface area contributed by atoms with Crippen molar-refractivity contribution in [2.75, 3.05) is 31.6 Å². The highest BCUT2D eigenvalue weighted by Crippen LogP contribution is 2.31. The molecule has 35 heavy (non-hydrogen) atoms. The van der Waals surface area contributed by atoms with Gasteiger partial charge in [-0.3, -0.25) is 9.10 Å². The van der Waals surface area contributed by atoms with Crippen LogP contribution in [0, 0.1) is 20.8 Å². The summed E-state index contributed by atoms with van der Waals surface area (Å²) in [5.41, 5.74) is 4.19. The topological polar surface area (TPSA) is 84.9 Å². The molecular formula is C27H32N2O5S. The van der Waals surface area contributed by atoms with Crippen molar-refractivity contribution >= 4 is 21.6 Å². The van der Waals surface area contributed by atoms with Gasteiger partial charge in [0.15, 0.2) is 0 Å². The summed E-state index contributed by atoms with van der Waals surface area (Å²) >= 11 is 0. The molecule has 1 N–H and O–H groups in total. The minimum Gasteiger partial charge on any atom is -0.497 e. The molecule has 0 aliphatic rings. The minimum atomic E-state index is -4.10. The summed E-state index contributed by atoms with van der Waals surface area (Å²) < 4.78 is 39.3. The molecule has 0 atom stereocenters. The maximum atomic E-state index is 13.8. The highest BCUT2D eigenvalue weighted by molar-refractivity contribution is 7.93. The third-order valence-electron chi connectivity index (χ3n) is 5.85. The Balaban J connectivity index is 1.85. The Morgan fingerprint density at radius 1 is 0.886 bits per heavy atom. The zero-order valence-electron chi connectivity index (χ0n) is 20.8. The van der Waals surface area contributed by atoms with Crippen molar-refractivity contribution in [3.63, 3.8) is 0 Å². The molecule has 0 saturated carbocycles. The lowest BCUT2D eigenvalue weighted by Crippen LogP contribution is -2.41. The summed E-state index contributed by atoms with van der Waals surface area (Å²) in [5.74, 6) is 0.592. The van der Waals surface area contributed by atoms with Gasteiger partial charge in [0.05, 0.1) is 19.9 Å². The Kier molecular flexibility index (Phi) is 8.40. The monoisotopic (exact) mass is 496 g/mol. The fourth-order valence-corrected chi connectivity index (χ4v) is 5.28. The van der Waals surface area contributed by atoms with Gasteiger partial charge in [0, 0.05) is 6.54 Å². The number of anilines is 1. The maximum absolute atomic E-state index is 13.8. The van der Waals surface area contributed by atoms with Crippen molar-refractivity contribution in [1.29, 1.82) is 0 Å². The molecule has 0 heterocycles. The van der Waals surface area contributed by atoms with Crippen LogP contribution in [0.2, 0.25) is 0 Å². The van der Waals surface area contributed by atoms with E-state index in [0.717, 1.165) is 32.3 Å². The van der Waals surface area contributed by atoms with E-state index in [1.54, 1.807) is 37.4 Å². The van der Waals surface area contributed by atoms with Gasteiger partial charge in [-0.2, -0.15) is 0 Å². The Bertz CT molecular complexity index is 1290. The zero-order chi connectivity index (χ0) is 25.6. The molecule has 0 unspecified atom stereocenters. The molecule has 0 aromatic heterocycles. The standard InChI is InChI=1S/C27H32N2O5S/c1-19-6-13-25(34-5)26(16-19)35(31,32)29(23-10-7-20(2)21(3)17-23)18-27(30)28-15-14-22-8-11-24(33-4)12-9-22/h6-13,16-17H,14-15,18H2,1-5H3,(H,28,30). The van der Waals surface area contributed by atoms with Crippen LogP contribution in [-0.4, -0.2) is 41.6 Å². The first-order valence-electron chi connectivity index (χ1n) is 11.3. The van der Waals surface area contributed by atoms with E-state index in [0.29, 0.717) is 18.7 Å². The van der Waals surface area contributed by atoms with Crippen molar-refractivity contribution in [3.05, 3.63) is 82.9 Å². The minimum absolute atomic E-state index is 0.0178. The second-order valence-electron chi connectivity index (χ2n) is 8.38. The van der Waals surface area contributed by atoms with E-state index in [9.17, 15) is 13.2 Å². The van der Waals surface area contributed by atoms with E-state index in [2.05, 4.69) is 5.32 Å². The number of nitrogens with zero attached hydrogens (tertiary/aromatic N) is 1. The molecule has 7 nitrogen and oxygen atoms in total. The van der Waals surface area contributed by atoms with Crippen molar-refractivity contribution in [2.45, 2.75) is 32.1 Å². The SMILES string of the molecule is COc1ccc(CCNC(=O)CN(c2ccc(C)c(C)c2)S(=O)(=O)c2cc(C)ccc2OC)cc1. The molecule has 1 amide bonds. The number of amides is 1. The quantitative estimate of drug-likeness (QED) is 0.455. The molecule has 186 valence electrons. The number of aryl methyl sites for hydroxylation is 3. The molecule has 3 aromatic carbocycles. The number of benzene rings is 3. The number of carbonyl (C=O) groups is 1. The average molecular weight is 497 g/mol. The number of hydrogen-bond donors (Lipinski definition) is 1. The summed E-state index contributed by atoms with van der Waals surface area (Å²) in [6.07, 6.45) is 0.609. The van der Waals surface area contributed by atoms with Crippen molar-refractivity contribution in [3.8, 4) is 11.5 Å². The van der Waals surface area contributed by atoms with Gasteiger partial charge in [0.2, 0.25) is 5.91 Å². The van der Waals surface area contributed by atoms with Crippen LogP contribution in [0.3, 0.4) is 0 Å². The summed E-state index contributed by atoms with van der Waals surface area (Å²) in [7, 11) is -1.06. The number of sulfonamides is 1. The van der Waals surface area contributed by atoms with Crippen LogP contribution >= 0.6 is 0 Å². The molecule has 0 radical (unpaired) electrons. The van der Waals surface area contributed by atoms with E-state index in [1.165, 1.54) is 7.11 Å². The van der Waals surface area contributed by atoms with Gasteiger partial charge < -0.3 is 14.8 Å². The molecule has 0 bridgehead atoms. The van der Waals surface area contributed by atoms with E-state index in [4.69, 9.17) is 9.47 Å². The van der Waals surface area contributed by atoms with Gasteiger partial charge in [-0.05, 0) is 85.8 Å². The molecular weight excluding hydrogens is 464 g/mol. The Labute approximate surface area is 207 Å². The molecule has 0 saturated heterocycles. The maximum Gasteiger partial charge on any atom is 0.268 e. The van der Waals surface area contributed by atoms with Crippen molar-refractivity contribution < 1.29 is 22.7 Å². The zero-order valence-corrected chi connectivity index (χ0v) is 21.6. The predicted octanol–water partition coefficient (Wildman–Crippen LogP) is 4.18. The molecule has 0 fully saturated rings. The number of ether oxygens (including phenoxy) is 2. The van der Waals surface area contributed by atoms with E-state index < -0.39 is 15.9 Å². The van der Waals surface area contributed by atoms with Gasteiger partial charge >= 0.3 is 0 Å². The summed E-state index contributed by atoms with van der Waals surface area (Å²) in [5, 5.41) is 2.84. The van der Waals surface area contributed by atoms with Crippen LogP contribution in [0.4, 0.5) is 5.69 Å². The molecule has 0 spiro atoms. The van der Waals surface area contributed by atoms with E-state index in [1.807, 2.05) is 51.1 Å². The summed E-state index contributed by atoms with van der Waals surface area (Å²) in [4.78, 5) is 12.9. The normalized spacial score (nSPS) is 11.1. The second kappa shape index (κ2) is 11.3. The summed E-state index contributed by atoms with van der Waals surface area (Å²) in [6, 6.07) is 17.9. The van der Waals surface area contributed by atoms with Gasteiger partial charge in [0.25, 0.3) is 10.0 Å². The fourth-order valence-electron chi connectivity index (χ4n) is 3.62. The second-order valence-corrected chi connectivity index (χ2v) is 10.2. The molecule has 3 aromatic rings. The third-order valence-corrected chi connectivity index (χ3v) is 7.64. The van der Waals surface area contributed by atoms with Crippen LogP contribution in [0.15, 0.2) is 65.6 Å². The van der Waals surface area contributed by atoms with Crippen molar-refractivity contribution in [1.82, 2.24) is 5.32 Å². The molecule has 3 rings (SSSR count). The van der Waals surface area contributed by atoms with Gasteiger partial charge in [-0.25, -0.2) is 8.42 Å². The van der Waals surface area contributed by atoms with Crippen LogP contribution in [0.1, 0.15) is 22.3 Å². The predicted molar refractivity (Wildman–Crippen MR) is 138 cm³/mol. The van der Waals surface area contributed by atoms with E-state index >= 15 is 0 Å². The lowest BCUT2D eigenvalue weighted by atomic mass is 10.1. The Morgan fingerprint density at radius 2 is 1.60 bits per heavy atom. The Hall–Kier alpha value is -3.52. The first-order chi connectivity index (χ1) is 16.6. The largest absolute Gasteiger partial charge is 0.497 e. The molecule has 0 aliphatic carbocycles. The first kappa shape index (κ1) is 26.1. The van der Waals surface area contributed by atoms with Crippen LogP contribution in [-0.2, 0) is 21.2 Å². The van der Waals surface area contributed by atoms with E-state index in [-0.39, 0.29) is 17.2 Å². The lowest BCUT2D eigenvalue weighted by Gasteiger charge is -2.26. The summed E-state index contributed by atoms with van der Waals surface area (Å²) in [6.45, 7) is 5.69. The van der Waals surface area contributed by atoms with Gasteiger partial charge in [-0.15, -0.1) is 0 Å². The average Bonchev–Trinajstić information content (AvgIpc) is 2.84.